The lowest BCUT2D eigenvalue weighted by atomic mass is 10.2. The van der Waals surface area contributed by atoms with E-state index < -0.39 is 0 Å². The van der Waals surface area contributed by atoms with Crippen molar-refractivity contribution in [2.75, 3.05) is 6.16 Å². The number of rotatable bonds is 3. The molecule has 2 nitrogen and oxygen atoms in total. The van der Waals surface area contributed by atoms with Crippen molar-refractivity contribution in [3.63, 3.8) is 0 Å². The molecule has 0 aromatic rings. The second-order valence-corrected chi connectivity index (χ2v) is 2.43. The van der Waals surface area contributed by atoms with Gasteiger partial charge in [-0.1, -0.05) is 0 Å². The predicted molar refractivity (Wildman–Crippen MR) is 40.6 cm³/mol. The quantitative estimate of drug-likeness (QED) is 0.429. The fourth-order valence-corrected chi connectivity index (χ4v) is 0.694. The van der Waals surface area contributed by atoms with Gasteiger partial charge in [-0.05, 0) is 19.5 Å². The van der Waals surface area contributed by atoms with Gasteiger partial charge in [0.2, 0.25) is 0 Å². The van der Waals surface area contributed by atoms with Gasteiger partial charge in [0.15, 0.2) is 0 Å². The fraction of sp³-hybridized carbons (Fsp3) is 0.800. The first-order valence-corrected chi connectivity index (χ1v) is 3.53. The topological polar surface area (TPSA) is 49.9 Å². The van der Waals surface area contributed by atoms with Gasteiger partial charge in [0.05, 0.1) is 0 Å². The minimum atomic E-state index is -0.0597. The van der Waals surface area contributed by atoms with Crippen LogP contribution in [0.2, 0.25) is 0 Å². The molecule has 0 aliphatic heterocycles. The number of nitrogens with one attached hydrogen (secondary N) is 1. The molecule has 48 valence electrons. The fourth-order valence-electron chi connectivity index (χ4n) is 0.383. The summed E-state index contributed by atoms with van der Waals surface area (Å²) < 4.78 is 0. The lowest BCUT2D eigenvalue weighted by molar-refractivity contribution is 0.933. The van der Waals surface area contributed by atoms with Crippen molar-refractivity contribution in [3.8, 4) is 0 Å². The molecule has 0 bridgehead atoms. The van der Waals surface area contributed by atoms with E-state index in [1.807, 2.05) is 6.92 Å². The van der Waals surface area contributed by atoms with Crippen molar-refractivity contribution in [2.24, 2.45) is 5.73 Å². The highest BCUT2D eigenvalue weighted by Crippen LogP contribution is 1.92. The highest BCUT2D eigenvalue weighted by Gasteiger charge is 1.98. The molecule has 0 spiro atoms. The van der Waals surface area contributed by atoms with E-state index in [2.05, 4.69) is 9.24 Å². The van der Waals surface area contributed by atoms with Crippen LogP contribution in [0.1, 0.15) is 13.3 Å². The highest BCUT2D eigenvalue weighted by molar-refractivity contribution is 7.16. The molecule has 0 saturated heterocycles. The summed E-state index contributed by atoms with van der Waals surface area (Å²) in [7, 11) is 2.57. The van der Waals surface area contributed by atoms with E-state index in [0.717, 1.165) is 12.6 Å². The Morgan fingerprint density at radius 3 is 2.50 bits per heavy atom. The standard InChI is InChI=1S/C5H13N2P/c1-4(6)5(7)2-3-8/h4,7H,2-3,6,8H2,1H3. The van der Waals surface area contributed by atoms with Crippen LogP contribution >= 0.6 is 9.24 Å². The molecule has 0 rings (SSSR count). The molecule has 8 heavy (non-hydrogen) atoms. The van der Waals surface area contributed by atoms with Crippen LogP contribution in [0.5, 0.6) is 0 Å². The summed E-state index contributed by atoms with van der Waals surface area (Å²) in [6.45, 7) is 1.84. The van der Waals surface area contributed by atoms with Crippen LogP contribution in [0, 0.1) is 5.41 Å². The Balaban J connectivity index is 3.33. The molecule has 2 atom stereocenters. The number of nitrogens with two attached hydrogens (primary N) is 1. The van der Waals surface area contributed by atoms with Crippen molar-refractivity contribution in [1.29, 1.82) is 5.41 Å². The summed E-state index contributed by atoms with van der Waals surface area (Å²) in [6.07, 6.45) is 1.75. The third-order valence-corrected chi connectivity index (χ3v) is 1.25. The lowest BCUT2D eigenvalue weighted by Crippen LogP contribution is -2.25. The third-order valence-electron chi connectivity index (χ3n) is 0.963. The molecule has 0 aliphatic rings. The molecule has 0 aromatic heterocycles. The smallest absolute Gasteiger partial charge is 0.0394 e. The number of hydrogen-bond donors (Lipinski definition) is 2. The number of hydrogen-bond acceptors (Lipinski definition) is 2. The van der Waals surface area contributed by atoms with E-state index >= 15 is 0 Å². The maximum atomic E-state index is 7.21. The van der Waals surface area contributed by atoms with Gasteiger partial charge in [0, 0.05) is 11.8 Å². The van der Waals surface area contributed by atoms with Crippen molar-refractivity contribution in [3.05, 3.63) is 0 Å². The zero-order valence-corrected chi connectivity index (χ0v) is 6.30. The van der Waals surface area contributed by atoms with Gasteiger partial charge in [-0.2, -0.15) is 0 Å². The first kappa shape index (κ1) is 8.06. The van der Waals surface area contributed by atoms with E-state index in [4.69, 9.17) is 11.1 Å². The van der Waals surface area contributed by atoms with Crippen LogP contribution in [-0.4, -0.2) is 17.9 Å². The molecule has 0 heterocycles. The third kappa shape index (κ3) is 3.11. The summed E-state index contributed by atoms with van der Waals surface area (Å²) in [6, 6.07) is -0.0597. The predicted octanol–water partition coefficient (Wildman–Crippen LogP) is 0.619. The minimum Gasteiger partial charge on any atom is -0.323 e. The van der Waals surface area contributed by atoms with Gasteiger partial charge in [-0.3, -0.25) is 0 Å². The van der Waals surface area contributed by atoms with Crippen LogP contribution in [-0.2, 0) is 0 Å². The zero-order chi connectivity index (χ0) is 6.57. The van der Waals surface area contributed by atoms with Crippen LogP contribution in [0.25, 0.3) is 0 Å². The van der Waals surface area contributed by atoms with Crippen LogP contribution in [0.3, 0.4) is 0 Å². The molecule has 0 fully saturated rings. The van der Waals surface area contributed by atoms with Crippen molar-refractivity contribution >= 4 is 15.0 Å². The Morgan fingerprint density at radius 2 is 2.38 bits per heavy atom. The van der Waals surface area contributed by atoms with Gasteiger partial charge in [0.25, 0.3) is 0 Å². The minimum absolute atomic E-state index is 0.0597. The van der Waals surface area contributed by atoms with E-state index in [9.17, 15) is 0 Å². The molecule has 3 N–H and O–H groups in total. The second kappa shape index (κ2) is 3.99. The second-order valence-electron chi connectivity index (χ2n) is 1.85. The molecule has 0 aromatic carbocycles. The molecule has 3 heteroatoms. The Morgan fingerprint density at radius 1 is 1.88 bits per heavy atom. The van der Waals surface area contributed by atoms with E-state index in [1.165, 1.54) is 0 Å². The van der Waals surface area contributed by atoms with E-state index in [1.54, 1.807) is 0 Å². The lowest BCUT2D eigenvalue weighted by Gasteiger charge is -2.03. The monoisotopic (exact) mass is 132 g/mol. The van der Waals surface area contributed by atoms with Gasteiger partial charge >= 0.3 is 0 Å². The summed E-state index contributed by atoms with van der Waals surface area (Å²) in [5.74, 6) is 0. The largest absolute Gasteiger partial charge is 0.323 e. The van der Waals surface area contributed by atoms with Crippen LogP contribution in [0.15, 0.2) is 0 Å². The first-order valence-electron chi connectivity index (χ1n) is 2.71. The van der Waals surface area contributed by atoms with Crippen molar-refractivity contribution in [2.45, 2.75) is 19.4 Å². The summed E-state index contributed by atoms with van der Waals surface area (Å²) in [4.78, 5) is 0. The maximum absolute atomic E-state index is 7.21. The van der Waals surface area contributed by atoms with Gasteiger partial charge in [-0.15, -0.1) is 9.24 Å². The van der Waals surface area contributed by atoms with Crippen LogP contribution in [0.4, 0.5) is 0 Å². The highest BCUT2D eigenvalue weighted by atomic mass is 31.0. The zero-order valence-electron chi connectivity index (χ0n) is 5.15. The molecule has 0 radical (unpaired) electrons. The van der Waals surface area contributed by atoms with Crippen LogP contribution < -0.4 is 5.73 Å². The Kier molecular flexibility index (Phi) is 4.02. The molecular weight excluding hydrogens is 119 g/mol. The summed E-state index contributed by atoms with van der Waals surface area (Å²) in [5.41, 5.74) is 6.03. The van der Waals surface area contributed by atoms with Crippen molar-refractivity contribution in [1.82, 2.24) is 0 Å². The first-order chi connectivity index (χ1) is 3.68. The van der Waals surface area contributed by atoms with Gasteiger partial charge in [0.1, 0.15) is 0 Å². The van der Waals surface area contributed by atoms with Gasteiger partial charge < -0.3 is 11.1 Å². The van der Waals surface area contributed by atoms with Crippen molar-refractivity contribution < 1.29 is 0 Å². The Labute approximate surface area is 52.6 Å². The SMILES string of the molecule is CC(N)C(=N)CCP. The molecule has 0 saturated carbocycles. The molecule has 2 unspecified atom stereocenters. The molecular formula is C5H13N2P. The molecule has 0 aliphatic carbocycles. The van der Waals surface area contributed by atoms with E-state index in [0.29, 0.717) is 5.71 Å². The van der Waals surface area contributed by atoms with E-state index in [-0.39, 0.29) is 6.04 Å². The Bertz CT molecular complexity index is 80.5. The Hall–Kier alpha value is 0.0600. The molecule has 0 amide bonds. The average Bonchev–Trinajstić information content (AvgIpc) is 1.67. The normalized spacial score (nSPS) is 13.4. The summed E-state index contributed by atoms with van der Waals surface area (Å²) >= 11 is 0. The maximum Gasteiger partial charge on any atom is 0.0394 e. The summed E-state index contributed by atoms with van der Waals surface area (Å²) in [5, 5.41) is 7.21. The van der Waals surface area contributed by atoms with Gasteiger partial charge in [-0.25, -0.2) is 0 Å². The average molecular weight is 132 g/mol.